The van der Waals surface area contributed by atoms with Gasteiger partial charge in [-0.15, -0.1) is 0 Å². The average molecular weight is 398 g/mol. The zero-order chi connectivity index (χ0) is 19.9. The Kier molecular flexibility index (Phi) is 4.77. The molecule has 5 nitrogen and oxygen atoms in total. The van der Waals surface area contributed by atoms with Gasteiger partial charge in [-0.1, -0.05) is 30.3 Å². The third kappa shape index (κ3) is 4.48. The normalized spacial score (nSPS) is 20.6. The molecule has 0 bridgehead atoms. The summed E-state index contributed by atoms with van der Waals surface area (Å²) in [6.07, 6.45) is -5.00. The molecule has 9 heteroatoms. The third-order valence-corrected chi connectivity index (χ3v) is 5.20. The molecule has 27 heavy (non-hydrogen) atoms. The van der Waals surface area contributed by atoms with Crippen molar-refractivity contribution in [2.24, 2.45) is 4.99 Å². The van der Waals surface area contributed by atoms with Gasteiger partial charge in [0.05, 0.1) is 17.9 Å². The molecule has 1 atom stereocenters. The van der Waals surface area contributed by atoms with Crippen LogP contribution in [-0.4, -0.2) is 44.1 Å². The third-order valence-electron chi connectivity index (χ3n) is 4.07. The maximum Gasteiger partial charge on any atom is 0.393 e. The van der Waals surface area contributed by atoms with Gasteiger partial charge in [0.1, 0.15) is 5.84 Å². The van der Waals surface area contributed by atoms with Gasteiger partial charge < -0.3 is 10.0 Å². The predicted molar refractivity (Wildman–Crippen MR) is 95.5 cm³/mol. The molecular formula is C18H17F3N2O3S. The summed E-state index contributed by atoms with van der Waals surface area (Å²) < 4.78 is 61.9. The number of anilines is 1. The number of benzene rings is 2. The monoisotopic (exact) mass is 398 g/mol. The Bertz CT molecular complexity index is 958. The Hall–Kier alpha value is -2.39. The van der Waals surface area contributed by atoms with Gasteiger partial charge in [-0.05, 0) is 24.3 Å². The van der Waals surface area contributed by atoms with E-state index in [4.69, 9.17) is 0 Å². The van der Waals surface area contributed by atoms with E-state index in [-0.39, 0.29) is 10.7 Å². The summed E-state index contributed by atoms with van der Waals surface area (Å²) in [7, 11) is -3.40. The van der Waals surface area contributed by atoms with Crippen LogP contribution in [0.3, 0.4) is 0 Å². The summed E-state index contributed by atoms with van der Waals surface area (Å²) >= 11 is 0. The highest BCUT2D eigenvalue weighted by Gasteiger charge is 2.47. The smallest absolute Gasteiger partial charge is 0.367 e. The van der Waals surface area contributed by atoms with Crippen molar-refractivity contribution in [3.05, 3.63) is 60.2 Å². The molecule has 144 valence electrons. The largest absolute Gasteiger partial charge is 0.393 e. The van der Waals surface area contributed by atoms with Crippen molar-refractivity contribution in [2.45, 2.75) is 23.2 Å². The molecule has 0 radical (unpaired) electrons. The molecular weight excluding hydrogens is 381 g/mol. The van der Waals surface area contributed by atoms with E-state index in [0.717, 1.165) is 6.26 Å². The van der Waals surface area contributed by atoms with Gasteiger partial charge in [0.2, 0.25) is 0 Å². The van der Waals surface area contributed by atoms with Crippen LogP contribution in [0.2, 0.25) is 0 Å². The summed E-state index contributed by atoms with van der Waals surface area (Å²) in [5.74, 6) is 0.189. The molecule has 1 unspecified atom stereocenters. The highest BCUT2D eigenvalue weighted by molar-refractivity contribution is 7.90. The van der Waals surface area contributed by atoms with E-state index in [1.165, 1.54) is 29.2 Å². The molecule has 3 rings (SSSR count). The predicted octanol–water partition coefficient (Wildman–Crippen LogP) is 3.00. The maximum atomic E-state index is 12.9. The van der Waals surface area contributed by atoms with Gasteiger partial charge in [0.15, 0.2) is 15.6 Å². The van der Waals surface area contributed by atoms with E-state index in [1.54, 1.807) is 30.3 Å². The molecule has 0 spiro atoms. The van der Waals surface area contributed by atoms with Crippen molar-refractivity contribution in [2.75, 3.05) is 17.7 Å². The van der Waals surface area contributed by atoms with Crippen molar-refractivity contribution >= 4 is 21.4 Å². The van der Waals surface area contributed by atoms with E-state index >= 15 is 0 Å². The van der Waals surface area contributed by atoms with E-state index in [2.05, 4.69) is 4.99 Å². The first-order valence-corrected chi connectivity index (χ1v) is 9.88. The minimum absolute atomic E-state index is 0.0919. The van der Waals surface area contributed by atoms with Crippen LogP contribution in [0.1, 0.15) is 12.0 Å². The van der Waals surface area contributed by atoms with Gasteiger partial charge in [-0.2, -0.15) is 13.2 Å². The van der Waals surface area contributed by atoms with Crippen molar-refractivity contribution in [1.82, 2.24) is 0 Å². The van der Waals surface area contributed by atoms with Crippen LogP contribution in [0.5, 0.6) is 0 Å². The standard InChI is InChI=1S/C18H17F3N2O3S/c1-27(25,26)15-9-7-14(8-10-15)23-12-17(24,11-18(19,20)21)22-16(23)13-5-3-2-4-6-13/h2-10,24H,11-12H2,1H3. The Morgan fingerprint density at radius 2 is 1.70 bits per heavy atom. The summed E-state index contributed by atoms with van der Waals surface area (Å²) in [5, 5.41) is 10.4. The minimum atomic E-state index is -4.59. The summed E-state index contributed by atoms with van der Waals surface area (Å²) in [5.41, 5.74) is -1.34. The molecule has 1 aliphatic heterocycles. The number of rotatable bonds is 4. The number of hydrogen-bond donors (Lipinski definition) is 1. The fourth-order valence-electron chi connectivity index (χ4n) is 2.93. The molecule has 1 aliphatic rings. The van der Waals surface area contributed by atoms with E-state index in [1.807, 2.05) is 0 Å². The lowest BCUT2D eigenvalue weighted by molar-refractivity contribution is -0.170. The average Bonchev–Trinajstić information content (AvgIpc) is 2.90. The zero-order valence-corrected chi connectivity index (χ0v) is 15.1. The Morgan fingerprint density at radius 1 is 1.11 bits per heavy atom. The van der Waals surface area contributed by atoms with Crippen molar-refractivity contribution in [3.63, 3.8) is 0 Å². The Balaban J connectivity index is 2.02. The molecule has 0 saturated carbocycles. The molecule has 0 saturated heterocycles. The van der Waals surface area contributed by atoms with Crippen LogP contribution in [0.4, 0.5) is 18.9 Å². The number of amidine groups is 1. The highest BCUT2D eigenvalue weighted by Crippen LogP contribution is 2.35. The summed E-state index contributed by atoms with van der Waals surface area (Å²) in [6.45, 7) is -0.394. The first-order chi connectivity index (χ1) is 12.5. The lowest BCUT2D eigenvalue weighted by Crippen LogP contribution is -2.39. The molecule has 1 heterocycles. The summed E-state index contributed by atoms with van der Waals surface area (Å²) in [6, 6.07) is 14.2. The molecule has 2 aromatic carbocycles. The number of nitrogens with zero attached hydrogens (tertiary/aromatic N) is 2. The quantitative estimate of drug-likeness (QED) is 0.860. The minimum Gasteiger partial charge on any atom is -0.367 e. The van der Waals surface area contributed by atoms with Crippen LogP contribution >= 0.6 is 0 Å². The van der Waals surface area contributed by atoms with Crippen LogP contribution in [0.15, 0.2) is 64.5 Å². The van der Waals surface area contributed by atoms with Crippen LogP contribution in [0, 0.1) is 0 Å². The maximum absolute atomic E-state index is 12.9. The number of halogens is 3. The SMILES string of the molecule is CS(=O)(=O)c1ccc(N2CC(O)(CC(F)(F)F)N=C2c2ccccc2)cc1. The molecule has 0 aliphatic carbocycles. The van der Waals surface area contributed by atoms with Gasteiger partial charge in [-0.3, -0.25) is 0 Å². The lowest BCUT2D eigenvalue weighted by atomic mass is 10.1. The Labute approximate surface area is 154 Å². The van der Waals surface area contributed by atoms with Crippen LogP contribution in [-0.2, 0) is 9.84 Å². The van der Waals surface area contributed by atoms with Crippen LogP contribution in [0.25, 0.3) is 0 Å². The van der Waals surface area contributed by atoms with Crippen molar-refractivity contribution < 1.29 is 26.7 Å². The fourth-order valence-corrected chi connectivity index (χ4v) is 3.56. The van der Waals surface area contributed by atoms with Gasteiger partial charge >= 0.3 is 6.18 Å². The number of sulfone groups is 1. The molecule has 2 aromatic rings. The topological polar surface area (TPSA) is 70.0 Å². The van der Waals surface area contributed by atoms with E-state index < -0.39 is 34.7 Å². The van der Waals surface area contributed by atoms with Crippen LogP contribution < -0.4 is 4.90 Å². The highest BCUT2D eigenvalue weighted by atomic mass is 32.2. The fraction of sp³-hybridized carbons (Fsp3) is 0.278. The second kappa shape index (κ2) is 6.65. The van der Waals surface area contributed by atoms with Gasteiger partial charge in [0.25, 0.3) is 0 Å². The first kappa shape index (κ1) is 19.4. The summed E-state index contributed by atoms with van der Waals surface area (Å²) in [4.78, 5) is 5.51. The second-order valence-electron chi connectivity index (χ2n) is 6.43. The van der Waals surface area contributed by atoms with Crippen molar-refractivity contribution in [3.8, 4) is 0 Å². The zero-order valence-electron chi connectivity index (χ0n) is 14.3. The van der Waals surface area contributed by atoms with E-state index in [9.17, 15) is 26.7 Å². The van der Waals surface area contributed by atoms with Gasteiger partial charge in [0, 0.05) is 17.5 Å². The second-order valence-corrected chi connectivity index (χ2v) is 8.44. The first-order valence-electron chi connectivity index (χ1n) is 7.99. The number of aliphatic hydroxyl groups is 1. The number of alkyl halides is 3. The number of β-amino-alcohol motifs (C(OH)–C–C–N with tert-alkyl or cyclic N) is 1. The van der Waals surface area contributed by atoms with E-state index in [0.29, 0.717) is 11.3 Å². The van der Waals surface area contributed by atoms with Gasteiger partial charge in [-0.25, -0.2) is 13.4 Å². The lowest BCUT2D eigenvalue weighted by Gasteiger charge is -2.25. The molecule has 0 fully saturated rings. The molecule has 1 N–H and O–H groups in total. The Morgan fingerprint density at radius 3 is 2.22 bits per heavy atom. The number of hydrogen-bond acceptors (Lipinski definition) is 5. The van der Waals surface area contributed by atoms with Crippen molar-refractivity contribution in [1.29, 1.82) is 0 Å². The number of aliphatic imine (C=N–C) groups is 1. The molecule has 0 aromatic heterocycles. The molecule has 0 amide bonds.